The monoisotopic (exact) mass is 265 g/mol. The maximum Gasteiger partial charge on any atom is 0.388 e. The second-order valence-electron chi connectivity index (χ2n) is 4.62. The van der Waals surface area contributed by atoms with Crippen molar-refractivity contribution in [1.29, 1.82) is 5.39 Å². The number of hydrogen-bond donors (Lipinski definition) is 1. The van der Waals surface area contributed by atoms with E-state index >= 15 is 0 Å². The first-order valence-corrected chi connectivity index (χ1v) is 6.60. The maximum absolute atomic E-state index is 10.5. The summed E-state index contributed by atoms with van der Waals surface area (Å²) in [6.45, 7) is 2.00. The van der Waals surface area contributed by atoms with Crippen molar-refractivity contribution in [3.05, 3.63) is 88.7 Å². The minimum absolute atomic E-state index is 0.0277. The van der Waals surface area contributed by atoms with Gasteiger partial charge in [0.2, 0.25) is 5.39 Å². The topological polar surface area (TPSA) is 48.4 Å². The Kier molecular flexibility index (Phi) is 4.17. The molecule has 0 heterocycles. The zero-order valence-corrected chi connectivity index (χ0v) is 11.4. The van der Waals surface area contributed by atoms with E-state index in [2.05, 4.69) is 4.98 Å². The highest BCUT2D eigenvalue weighted by atomic mass is 16.3. The first kappa shape index (κ1) is 13.8. The van der Waals surface area contributed by atoms with Gasteiger partial charge in [-0.1, -0.05) is 67.6 Å². The molecule has 20 heavy (non-hydrogen) atoms. The van der Waals surface area contributed by atoms with Crippen LogP contribution in [0.4, 0.5) is 0 Å². The molecule has 2 aromatic rings. The van der Waals surface area contributed by atoms with Gasteiger partial charge in [0.25, 0.3) is 0 Å². The predicted molar refractivity (Wildman–Crippen MR) is 79.8 cm³/mol. The smallest absolute Gasteiger partial charge is 0.388 e. The second kappa shape index (κ2) is 6.03. The number of diazo groups is 1. The zero-order valence-electron chi connectivity index (χ0n) is 11.4. The van der Waals surface area contributed by atoms with Gasteiger partial charge in [0.1, 0.15) is 0 Å². The van der Waals surface area contributed by atoms with Crippen molar-refractivity contribution in [2.45, 2.75) is 18.8 Å². The van der Waals surface area contributed by atoms with Crippen LogP contribution in [0.15, 0.2) is 72.6 Å². The molecule has 2 aromatic carbocycles. The molecule has 0 amide bonds. The SMILES string of the molecule is CCC(/C(O)=C\[N+]#N)(c1ccccc1)c1ccccc1. The minimum Gasteiger partial charge on any atom is -0.505 e. The molecule has 3 heteroatoms. The Morgan fingerprint density at radius 3 is 1.85 bits per heavy atom. The normalized spacial score (nSPS) is 11.9. The maximum atomic E-state index is 10.5. The fraction of sp³-hybridized carbons (Fsp3) is 0.176. The Morgan fingerprint density at radius 2 is 1.50 bits per heavy atom. The molecule has 0 spiro atoms. The van der Waals surface area contributed by atoms with Gasteiger partial charge in [-0.2, -0.15) is 0 Å². The van der Waals surface area contributed by atoms with E-state index < -0.39 is 5.41 Å². The number of hydrogen-bond acceptors (Lipinski definition) is 2. The molecule has 0 saturated heterocycles. The van der Waals surface area contributed by atoms with E-state index in [4.69, 9.17) is 5.39 Å². The van der Waals surface area contributed by atoms with Crippen LogP contribution < -0.4 is 0 Å². The molecule has 0 aliphatic carbocycles. The number of nitrogens with zero attached hydrogens (tertiary/aromatic N) is 2. The van der Waals surface area contributed by atoms with Gasteiger partial charge in [0, 0.05) is 0 Å². The largest absolute Gasteiger partial charge is 0.505 e. The van der Waals surface area contributed by atoms with Crippen molar-refractivity contribution in [2.75, 3.05) is 0 Å². The summed E-state index contributed by atoms with van der Waals surface area (Å²) >= 11 is 0. The molecule has 3 nitrogen and oxygen atoms in total. The summed E-state index contributed by atoms with van der Waals surface area (Å²) in [6.07, 6.45) is 1.75. The van der Waals surface area contributed by atoms with Gasteiger partial charge in [-0.05, 0) is 17.5 Å². The van der Waals surface area contributed by atoms with Crippen LogP contribution in [0.1, 0.15) is 24.5 Å². The summed E-state index contributed by atoms with van der Waals surface area (Å²) in [5.41, 5.74) is 1.23. The highest BCUT2D eigenvalue weighted by Crippen LogP contribution is 2.40. The van der Waals surface area contributed by atoms with Gasteiger partial charge in [-0.25, -0.2) is 0 Å². The van der Waals surface area contributed by atoms with E-state index in [-0.39, 0.29) is 5.76 Å². The summed E-state index contributed by atoms with van der Waals surface area (Å²) in [4.78, 5) is 2.99. The first-order valence-electron chi connectivity index (χ1n) is 6.60. The van der Waals surface area contributed by atoms with E-state index in [0.29, 0.717) is 6.42 Å². The fourth-order valence-corrected chi connectivity index (χ4v) is 2.66. The van der Waals surface area contributed by atoms with Crippen LogP contribution in [0.5, 0.6) is 0 Å². The number of aliphatic hydroxyl groups is 1. The van der Waals surface area contributed by atoms with Gasteiger partial charge in [0.15, 0.2) is 10.7 Å². The van der Waals surface area contributed by atoms with Crippen LogP contribution in [0.2, 0.25) is 0 Å². The van der Waals surface area contributed by atoms with Gasteiger partial charge < -0.3 is 5.11 Å². The molecular weight excluding hydrogens is 248 g/mol. The molecule has 0 fully saturated rings. The van der Waals surface area contributed by atoms with Crippen LogP contribution in [-0.2, 0) is 5.41 Å². The quantitative estimate of drug-likeness (QED) is 0.647. The second-order valence-corrected chi connectivity index (χ2v) is 4.62. The molecule has 0 radical (unpaired) electrons. The fourth-order valence-electron chi connectivity index (χ4n) is 2.66. The summed E-state index contributed by atoms with van der Waals surface area (Å²) in [7, 11) is 0. The molecule has 1 N–H and O–H groups in total. The highest BCUT2D eigenvalue weighted by Gasteiger charge is 2.39. The van der Waals surface area contributed by atoms with E-state index in [1.165, 1.54) is 0 Å². The van der Waals surface area contributed by atoms with Crippen molar-refractivity contribution in [3.8, 4) is 0 Å². The van der Waals surface area contributed by atoms with Crippen LogP contribution in [-0.4, -0.2) is 5.11 Å². The standard InChI is InChI=1S/C17H16N2O/c1-2-17(16(20)13-19-18,14-9-5-3-6-10-14)15-11-7-4-8-12-15/h3-13H,2H2,1H3/p+1/b16-13+. The Hall–Kier alpha value is -2.60. The van der Waals surface area contributed by atoms with Crippen LogP contribution >= 0.6 is 0 Å². The molecule has 2 rings (SSSR count). The molecule has 0 atom stereocenters. The lowest BCUT2D eigenvalue weighted by Gasteiger charge is -2.31. The van der Waals surface area contributed by atoms with Crippen LogP contribution in [0.25, 0.3) is 4.98 Å². The third kappa shape index (κ3) is 2.28. The number of rotatable bonds is 4. The lowest BCUT2D eigenvalue weighted by atomic mass is 9.71. The Bertz CT molecular complexity index is 588. The number of allylic oxidation sites excluding steroid dienone is 1. The zero-order chi connectivity index (χ0) is 14.4. The van der Waals surface area contributed by atoms with Gasteiger partial charge in [-0.3, -0.25) is 0 Å². The lowest BCUT2D eigenvalue weighted by molar-refractivity contribution is 0.316. The Labute approximate surface area is 118 Å². The van der Waals surface area contributed by atoms with Gasteiger partial charge in [-0.15, -0.1) is 0 Å². The van der Waals surface area contributed by atoms with E-state index in [1.54, 1.807) is 0 Å². The van der Waals surface area contributed by atoms with Crippen molar-refractivity contribution in [1.82, 2.24) is 0 Å². The average molecular weight is 265 g/mol. The van der Waals surface area contributed by atoms with Crippen LogP contribution in [0.3, 0.4) is 0 Å². The third-order valence-corrected chi connectivity index (χ3v) is 3.68. The summed E-state index contributed by atoms with van der Waals surface area (Å²) < 4.78 is 0. The molecule has 0 aromatic heterocycles. The molecule has 0 unspecified atom stereocenters. The highest BCUT2D eigenvalue weighted by molar-refractivity contribution is 5.46. The van der Waals surface area contributed by atoms with Gasteiger partial charge in [0.05, 0.1) is 5.41 Å². The Balaban J connectivity index is 2.72. The first-order chi connectivity index (χ1) is 9.75. The number of benzene rings is 2. The molecule has 100 valence electrons. The van der Waals surface area contributed by atoms with Gasteiger partial charge >= 0.3 is 6.20 Å². The average Bonchev–Trinajstić information content (AvgIpc) is 2.51. The van der Waals surface area contributed by atoms with Crippen LogP contribution in [0, 0.1) is 5.39 Å². The number of aliphatic hydroxyl groups excluding tert-OH is 1. The molecule has 0 aliphatic rings. The third-order valence-electron chi connectivity index (χ3n) is 3.68. The van der Waals surface area contributed by atoms with E-state index in [1.807, 2.05) is 67.6 Å². The molecule has 0 aliphatic heterocycles. The van der Waals surface area contributed by atoms with E-state index in [0.717, 1.165) is 17.3 Å². The van der Waals surface area contributed by atoms with Crippen molar-refractivity contribution < 1.29 is 5.11 Å². The lowest BCUT2D eigenvalue weighted by Crippen LogP contribution is -2.29. The summed E-state index contributed by atoms with van der Waals surface area (Å²) in [5.74, 6) is 0.0277. The van der Waals surface area contributed by atoms with E-state index in [9.17, 15) is 5.11 Å². The minimum atomic E-state index is -0.700. The van der Waals surface area contributed by atoms with Crippen molar-refractivity contribution >= 4 is 0 Å². The van der Waals surface area contributed by atoms with Crippen molar-refractivity contribution in [3.63, 3.8) is 0 Å². The molecule has 0 saturated carbocycles. The summed E-state index contributed by atoms with van der Waals surface area (Å²) in [5, 5.41) is 19.3. The summed E-state index contributed by atoms with van der Waals surface area (Å²) in [6, 6.07) is 19.5. The van der Waals surface area contributed by atoms with Crippen molar-refractivity contribution in [2.24, 2.45) is 0 Å². The molecule has 0 bridgehead atoms. The molecular formula is C17H17N2O+. The Morgan fingerprint density at radius 1 is 1.05 bits per heavy atom. The predicted octanol–water partition coefficient (Wildman–Crippen LogP) is 4.64.